The van der Waals surface area contributed by atoms with Crippen LogP contribution in [0.5, 0.6) is 0 Å². The fourth-order valence-corrected chi connectivity index (χ4v) is 5.06. The first-order valence-electron chi connectivity index (χ1n) is 17.0. The second-order valence-electron chi connectivity index (χ2n) is 11.6. The summed E-state index contributed by atoms with van der Waals surface area (Å²) in [6, 6.07) is -0.562. The summed E-state index contributed by atoms with van der Waals surface area (Å²) >= 11 is 0. The summed E-state index contributed by atoms with van der Waals surface area (Å²) in [5.74, 6) is -0.0997. The Kier molecular flexibility index (Phi) is 30.5. The van der Waals surface area contributed by atoms with Gasteiger partial charge in [0.25, 0.3) is 0 Å². The molecule has 0 aliphatic carbocycles. The Hall–Kier alpha value is -1.13. The van der Waals surface area contributed by atoms with Gasteiger partial charge in [-0.2, -0.15) is 0 Å². The molecule has 0 rings (SSSR count). The summed E-state index contributed by atoms with van der Waals surface area (Å²) in [6.45, 7) is 4.30. The van der Waals surface area contributed by atoms with Crippen LogP contribution in [0, 0.1) is 0 Å². The topological polar surface area (TPSA) is 69.6 Å². The molecule has 230 valence electrons. The van der Waals surface area contributed by atoms with Crippen LogP contribution in [0.15, 0.2) is 24.3 Å². The van der Waals surface area contributed by atoms with Crippen molar-refractivity contribution in [1.29, 1.82) is 0 Å². The number of nitrogens with one attached hydrogen (secondary N) is 1. The molecule has 0 saturated heterocycles. The Morgan fingerprint density at radius 2 is 1.05 bits per heavy atom. The van der Waals surface area contributed by atoms with E-state index in [2.05, 4.69) is 37.4 Å². The fraction of sp³-hybridized carbons (Fsp3) is 0.857. The van der Waals surface area contributed by atoms with Crippen molar-refractivity contribution in [2.75, 3.05) is 6.61 Å². The molecular weight excluding hydrogens is 482 g/mol. The Morgan fingerprint density at radius 1 is 0.615 bits per heavy atom. The van der Waals surface area contributed by atoms with Gasteiger partial charge in [-0.3, -0.25) is 4.79 Å². The third kappa shape index (κ3) is 28.2. The van der Waals surface area contributed by atoms with Crippen molar-refractivity contribution < 1.29 is 15.0 Å². The van der Waals surface area contributed by atoms with Crippen LogP contribution in [0.25, 0.3) is 0 Å². The number of amides is 1. The predicted octanol–water partition coefficient (Wildman–Crippen LogP) is 9.73. The van der Waals surface area contributed by atoms with Gasteiger partial charge in [-0.25, -0.2) is 0 Å². The molecule has 1 amide bonds. The number of carbonyl (C=O) groups is 1. The summed E-state index contributed by atoms with van der Waals surface area (Å²) in [4.78, 5) is 12.2. The molecule has 0 aromatic rings. The molecule has 4 heteroatoms. The third-order valence-corrected chi connectivity index (χ3v) is 7.73. The van der Waals surface area contributed by atoms with Crippen LogP contribution in [-0.4, -0.2) is 34.9 Å². The fourth-order valence-electron chi connectivity index (χ4n) is 5.06. The monoisotopic (exact) mass is 550 g/mol. The minimum atomic E-state index is -0.677. The van der Waals surface area contributed by atoms with E-state index in [0.717, 1.165) is 25.7 Å². The van der Waals surface area contributed by atoms with E-state index in [-0.39, 0.29) is 12.5 Å². The zero-order chi connectivity index (χ0) is 28.7. The lowest BCUT2D eigenvalue weighted by Crippen LogP contribution is -2.45. The zero-order valence-electron chi connectivity index (χ0n) is 26.2. The van der Waals surface area contributed by atoms with Crippen molar-refractivity contribution in [3.63, 3.8) is 0 Å². The van der Waals surface area contributed by atoms with Gasteiger partial charge in [0.15, 0.2) is 0 Å². The van der Waals surface area contributed by atoms with Crippen LogP contribution in [0.2, 0.25) is 0 Å². The average molecular weight is 550 g/mol. The highest BCUT2D eigenvalue weighted by molar-refractivity contribution is 5.76. The summed E-state index contributed by atoms with van der Waals surface area (Å²) in [7, 11) is 0. The van der Waals surface area contributed by atoms with Crippen molar-refractivity contribution in [2.45, 2.75) is 187 Å². The predicted molar refractivity (Wildman–Crippen MR) is 170 cm³/mol. The molecule has 39 heavy (non-hydrogen) atoms. The molecule has 0 radical (unpaired) electrons. The van der Waals surface area contributed by atoms with Gasteiger partial charge in [-0.15, -0.1) is 0 Å². The van der Waals surface area contributed by atoms with E-state index in [1.807, 2.05) is 6.08 Å². The van der Waals surface area contributed by atoms with Crippen LogP contribution in [-0.2, 0) is 4.79 Å². The van der Waals surface area contributed by atoms with E-state index in [1.165, 1.54) is 116 Å². The van der Waals surface area contributed by atoms with E-state index < -0.39 is 12.1 Å². The molecule has 2 atom stereocenters. The highest BCUT2D eigenvalue weighted by Crippen LogP contribution is 2.14. The molecule has 0 aromatic carbocycles. The van der Waals surface area contributed by atoms with Gasteiger partial charge < -0.3 is 15.5 Å². The molecule has 0 bridgehead atoms. The van der Waals surface area contributed by atoms with Crippen molar-refractivity contribution in [3.05, 3.63) is 24.3 Å². The first-order valence-corrected chi connectivity index (χ1v) is 17.0. The van der Waals surface area contributed by atoms with Gasteiger partial charge in [0.05, 0.1) is 18.8 Å². The second-order valence-corrected chi connectivity index (χ2v) is 11.6. The molecule has 0 saturated carbocycles. The first kappa shape index (κ1) is 37.9. The van der Waals surface area contributed by atoms with Crippen molar-refractivity contribution in [1.82, 2.24) is 5.32 Å². The molecule has 0 aliphatic rings. The van der Waals surface area contributed by atoms with Gasteiger partial charge in [0.2, 0.25) is 5.91 Å². The molecular formula is C35H67NO3. The van der Waals surface area contributed by atoms with Gasteiger partial charge in [0.1, 0.15) is 0 Å². The molecule has 3 N–H and O–H groups in total. The minimum absolute atomic E-state index is 0.0997. The number of aliphatic hydroxyl groups excluding tert-OH is 2. The molecule has 0 aliphatic heterocycles. The van der Waals surface area contributed by atoms with E-state index in [9.17, 15) is 15.0 Å². The van der Waals surface area contributed by atoms with Crippen molar-refractivity contribution in [3.8, 4) is 0 Å². The molecule has 0 spiro atoms. The Morgan fingerprint density at radius 3 is 1.54 bits per heavy atom. The molecule has 4 nitrogen and oxygen atoms in total. The maximum absolute atomic E-state index is 12.2. The SMILES string of the molecule is CCCCCCCC/C=C\C/C=C\CCC(=O)NC(CO)C(O)CCCCCCCCCCCCCCCC. The van der Waals surface area contributed by atoms with Crippen LogP contribution in [0.4, 0.5) is 0 Å². The number of hydrogen-bond donors (Lipinski definition) is 3. The number of unbranched alkanes of at least 4 members (excludes halogenated alkanes) is 19. The summed E-state index contributed by atoms with van der Waals surface area (Å²) in [5, 5.41) is 22.9. The number of hydrogen-bond acceptors (Lipinski definition) is 3. The Bertz CT molecular complexity index is 560. The first-order chi connectivity index (χ1) is 19.2. The van der Waals surface area contributed by atoms with E-state index in [0.29, 0.717) is 19.3 Å². The van der Waals surface area contributed by atoms with Crippen LogP contribution in [0.3, 0.4) is 0 Å². The second kappa shape index (κ2) is 31.4. The Labute approximate surface area is 243 Å². The van der Waals surface area contributed by atoms with Crippen LogP contribution >= 0.6 is 0 Å². The molecule has 0 aromatic heterocycles. The molecule has 0 fully saturated rings. The number of allylic oxidation sites excluding steroid dienone is 4. The summed E-state index contributed by atoms with van der Waals surface area (Å²) in [5.41, 5.74) is 0. The largest absolute Gasteiger partial charge is 0.394 e. The van der Waals surface area contributed by atoms with E-state index in [1.54, 1.807) is 0 Å². The van der Waals surface area contributed by atoms with Crippen LogP contribution < -0.4 is 5.32 Å². The van der Waals surface area contributed by atoms with Crippen molar-refractivity contribution >= 4 is 5.91 Å². The third-order valence-electron chi connectivity index (χ3n) is 7.73. The van der Waals surface area contributed by atoms with Gasteiger partial charge in [0, 0.05) is 6.42 Å². The highest BCUT2D eigenvalue weighted by Gasteiger charge is 2.19. The van der Waals surface area contributed by atoms with Gasteiger partial charge in [-0.1, -0.05) is 160 Å². The normalized spacial score (nSPS) is 13.4. The quantitative estimate of drug-likeness (QED) is 0.0617. The van der Waals surface area contributed by atoms with Gasteiger partial charge in [-0.05, 0) is 32.1 Å². The van der Waals surface area contributed by atoms with E-state index >= 15 is 0 Å². The highest BCUT2D eigenvalue weighted by atomic mass is 16.3. The number of rotatable bonds is 30. The standard InChI is InChI=1S/C35H67NO3/c1-3-5-7-9-11-13-15-17-19-20-22-24-26-28-30-34(38)33(32-37)36-35(39)31-29-27-25-23-21-18-16-14-12-10-8-6-4-2/h18,21,25,27,33-34,37-38H,3-17,19-20,22-24,26,28-32H2,1-2H3,(H,36,39)/b21-18-,27-25-. The lowest BCUT2D eigenvalue weighted by atomic mass is 10.0. The smallest absolute Gasteiger partial charge is 0.220 e. The molecule has 0 heterocycles. The van der Waals surface area contributed by atoms with Crippen LogP contribution in [0.1, 0.15) is 174 Å². The lowest BCUT2D eigenvalue weighted by molar-refractivity contribution is -0.123. The zero-order valence-corrected chi connectivity index (χ0v) is 26.2. The maximum Gasteiger partial charge on any atom is 0.220 e. The van der Waals surface area contributed by atoms with Gasteiger partial charge >= 0.3 is 0 Å². The summed E-state index contributed by atoms with van der Waals surface area (Å²) < 4.78 is 0. The maximum atomic E-state index is 12.2. The average Bonchev–Trinajstić information content (AvgIpc) is 2.94. The molecule has 2 unspecified atom stereocenters. The Balaban J connectivity index is 3.67. The number of aliphatic hydroxyl groups is 2. The lowest BCUT2D eigenvalue weighted by Gasteiger charge is -2.22. The van der Waals surface area contributed by atoms with E-state index in [4.69, 9.17) is 0 Å². The van der Waals surface area contributed by atoms with Crippen molar-refractivity contribution in [2.24, 2.45) is 0 Å². The summed E-state index contributed by atoms with van der Waals surface area (Å²) in [6.07, 6.45) is 38.0. The minimum Gasteiger partial charge on any atom is -0.394 e. The number of carbonyl (C=O) groups excluding carboxylic acids is 1.